The third kappa shape index (κ3) is 3.12. The molecule has 3 nitrogen and oxygen atoms in total. The van der Waals surface area contributed by atoms with E-state index in [9.17, 15) is 5.11 Å². The molecule has 0 radical (unpaired) electrons. The summed E-state index contributed by atoms with van der Waals surface area (Å²) in [6.07, 6.45) is 1.74. The van der Waals surface area contributed by atoms with Crippen LogP contribution in [0.2, 0.25) is 5.02 Å². The quantitative estimate of drug-likeness (QED) is 0.376. The molecule has 0 amide bonds. The maximum atomic E-state index is 10.0. The van der Waals surface area contributed by atoms with Crippen molar-refractivity contribution in [3.63, 3.8) is 0 Å². The van der Waals surface area contributed by atoms with E-state index in [1.165, 1.54) is 0 Å². The average Bonchev–Trinajstić information content (AvgIpc) is 3.06. The van der Waals surface area contributed by atoms with Crippen molar-refractivity contribution in [2.24, 2.45) is 5.84 Å². The molecule has 5 heteroatoms. The molecule has 17 heavy (non-hydrogen) atoms. The Kier molecular flexibility index (Phi) is 3.95. The molecule has 1 aromatic carbocycles. The van der Waals surface area contributed by atoms with E-state index in [1.54, 1.807) is 11.1 Å². The lowest BCUT2D eigenvalue weighted by atomic mass is 10.1. The van der Waals surface area contributed by atoms with Crippen molar-refractivity contribution >= 4 is 23.2 Å². The molecule has 0 heterocycles. The van der Waals surface area contributed by atoms with Crippen LogP contribution >= 0.6 is 23.2 Å². The molecule has 1 fully saturated rings. The molecule has 1 aromatic rings. The standard InChI is InChI=1S/C12H16Cl2N2O/c13-10-4-2-1-3-9(10)11(17)5-8-16(15)12(14)6-7-12/h1-4,11,17H,5-8,15H2. The van der Waals surface area contributed by atoms with Crippen LogP contribution in [0.5, 0.6) is 0 Å². The summed E-state index contributed by atoms with van der Waals surface area (Å²) in [5.74, 6) is 5.83. The van der Waals surface area contributed by atoms with Crippen LogP contribution in [0.3, 0.4) is 0 Å². The van der Waals surface area contributed by atoms with Crippen molar-refractivity contribution in [3.05, 3.63) is 34.9 Å². The predicted molar refractivity (Wildman–Crippen MR) is 69.7 cm³/mol. The fourth-order valence-corrected chi connectivity index (χ4v) is 2.19. The minimum atomic E-state index is -0.603. The summed E-state index contributed by atoms with van der Waals surface area (Å²) in [6, 6.07) is 7.28. The molecular formula is C12H16Cl2N2O. The fourth-order valence-electron chi connectivity index (χ4n) is 1.75. The first-order valence-electron chi connectivity index (χ1n) is 5.67. The summed E-state index contributed by atoms with van der Waals surface area (Å²) >= 11 is 12.2. The third-order valence-corrected chi connectivity index (χ3v) is 4.02. The van der Waals surface area contributed by atoms with E-state index in [4.69, 9.17) is 29.0 Å². The Bertz CT molecular complexity index is 396. The molecule has 1 unspecified atom stereocenters. The van der Waals surface area contributed by atoms with Crippen LogP contribution in [0.15, 0.2) is 24.3 Å². The van der Waals surface area contributed by atoms with Gasteiger partial charge in [-0.1, -0.05) is 29.8 Å². The summed E-state index contributed by atoms with van der Waals surface area (Å²) < 4.78 is 0. The van der Waals surface area contributed by atoms with Gasteiger partial charge in [0.15, 0.2) is 0 Å². The number of alkyl halides is 1. The number of rotatable bonds is 5. The average molecular weight is 275 g/mol. The highest BCUT2D eigenvalue weighted by Gasteiger charge is 2.45. The van der Waals surface area contributed by atoms with E-state index in [0.29, 0.717) is 18.0 Å². The summed E-state index contributed by atoms with van der Waals surface area (Å²) in [6.45, 7) is 0.551. The van der Waals surface area contributed by atoms with Crippen LogP contribution in [0.25, 0.3) is 0 Å². The maximum Gasteiger partial charge on any atom is 0.109 e. The second-order valence-electron chi connectivity index (χ2n) is 4.44. The second kappa shape index (κ2) is 5.12. The zero-order valence-corrected chi connectivity index (χ0v) is 11.0. The van der Waals surface area contributed by atoms with Crippen molar-refractivity contribution in [2.45, 2.75) is 30.4 Å². The lowest BCUT2D eigenvalue weighted by Gasteiger charge is -2.23. The van der Waals surface area contributed by atoms with Gasteiger partial charge in [-0.2, -0.15) is 0 Å². The smallest absolute Gasteiger partial charge is 0.109 e. The maximum absolute atomic E-state index is 10.0. The van der Waals surface area contributed by atoms with Crippen molar-refractivity contribution in [1.29, 1.82) is 0 Å². The summed E-state index contributed by atoms with van der Waals surface area (Å²) in [5.41, 5.74) is 0.738. The minimum Gasteiger partial charge on any atom is -0.388 e. The van der Waals surface area contributed by atoms with Gasteiger partial charge in [-0.3, -0.25) is 5.84 Å². The van der Waals surface area contributed by atoms with E-state index in [0.717, 1.165) is 18.4 Å². The van der Waals surface area contributed by atoms with Gasteiger partial charge in [0, 0.05) is 11.6 Å². The topological polar surface area (TPSA) is 49.5 Å². The highest BCUT2D eigenvalue weighted by molar-refractivity contribution is 6.31. The van der Waals surface area contributed by atoms with E-state index >= 15 is 0 Å². The summed E-state index contributed by atoms with van der Waals surface area (Å²) in [5, 5.41) is 12.2. The van der Waals surface area contributed by atoms with Gasteiger partial charge in [-0.25, -0.2) is 5.01 Å². The van der Waals surface area contributed by atoms with Gasteiger partial charge in [-0.15, -0.1) is 11.6 Å². The van der Waals surface area contributed by atoms with Crippen molar-refractivity contribution in [1.82, 2.24) is 5.01 Å². The highest BCUT2D eigenvalue weighted by atomic mass is 35.5. The Morgan fingerprint density at radius 3 is 2.65 bits per heavy atom. The van der Waals surface area contributed by atoms with E-state index in [2.05, 4.69) is 0 Å². The Hall–Kier alpha value is -0.320. The fraction of sp³-hybridized carbons (Fsp3) is 0.500. The Balaban J connectivity index is 1.89. The van der Waals surface area contributed by atoms with Gasteiger partial charge in [0.2, 0.25) is 0 Å². The SMILES string of the molecule is NN(CCC(O)c1ccccc1Cl)C1(Cl)CC1. The van der Waals surface area contributed by atoms with Crippen LogP contribution in [0, 0.1) is 0 Å². The van der Waals surface area contributed by atoms with E-state index in [-0.39, 0.29) is 5.00 Å². The van der Waals surface area contributed by atoms with Crippen LogP contribution in [0.1, 0.15) is 30.9 Å². The van der Waals surface area contributed by atoms with Gasteiger partial charge in [-0.05, 0) is 30.9 Å². The minimum absolute atomic E-state index is 0.375. The molecule has 1 aliphatic carbocycles. The molecule has 1 atom stereocenters. The Morgan fingerprint density at radius 2 is 2.06 bits per heavy atom. The molecule has 2 rings (SSSR count). The Morgan fingerprint density at radius 1 is 1.41 bits per heavy atom. The number of hydrogen-bond acceptors (Lipinski definition) is 3. The van der Waals surface area contributed by atoms with Gasteiger partial charge in [0.25, 0.3) is 0 Å². The normalized spacial score (nSPS) is 19.4. The number of nitrogens with two attached hydrogens (primary N) is 1. The summed E-state index contributed by atoms with van der Waals surface area (Å²) in [7, 11) is 0. The van der Waals surface area contributed by atoms with E-state index < -0.39 is 6.10 Å². The molecule has 3 N–H and O–H groups in total. The third-order valence-electron chi connectivity index (χ3n) is 3.08. The zero-order chi connectivity index (χ0) is 12.5. The highest BCUT2D eigenvalue weighted by Crippen LogP contribution is 2.44. The number of hydrogen-bond donors (Lipinski definition) is 2. The first kappa shape index (κ1) is 13.1. The zero-order valence-electron chi connectivity index (χ0n) is 9.44. The molecule has 94 valence electrons. The van der Waals surface area contributed by atoms with Gasteiger partial charge >= 0.3 is 0 Å². The lowest BCUT2D eigenvalue weighted by Crippen LogP contribution is -2.40. The molecule has 0 aromatic heterocycles. The predicted octanol–water partition coefficient (Wildman–Crippen LogP) is 2.67. The number of aliphatic hydroxyl groups excluding tert-OH is 1. The number of nitrogens with zero attached hydrogens (tertiary/aromatic N) is 1. The number of halogens is 2. The summed E-state index contributed by atoms with van der Waals surface area (Å²) in [4.78, 5) is -0.375. The van der Waals surface area contributed by atoms with Crippen LogP contribution in [-0.4, -0.2) is 21.7 Å². The number of benzene rings is 1. The van der Waals surface area contributed by atoms with Crippen molar-refractivity contribution < 1.29 is 5.11 Å². The van der Waals surface area contributed by atoms with Crippen LogP contribution < -0.4 is 5.84 Å². The largest absolute Gasteiger partial charge is 0.388 e. The molecule has 1 saturated carbocycles. The molecule has 1 aliphatic rings. The second-order valence-corrected chi connectivity index (χ2v) is 5.55. The molecule has 0 saturated heterocycles. The molecule has 0 bridgehead atoms. The van der Waals surface area contributed by atoms with Gasteiger partial charge in [0.1, 0.15) is 5.00 Å². The number of hydrazine groups is 1. The van der Waals surface area contributed by atoms with E-state index in [1.807, 2.05) is 18.2 Å². The van der Waals surface area contributed by atoms with Gasteiger partial charge in [0.05, 0.1) is 6.10 Å². The molecule has 0 spiro atoms. The van der Waals surface area contributed by atoms with Crippen LogP contribution in [-0.2, 0) is 0 Å². The van der Waals surface area contributed by atoms with Gasteiger partial charge < -0.3 is 5.11 Å². The lowest BCUT2D eigenvalue weighted by molar-refractivity contribution is 0.134. The number of aliphatic hydroxyl groups is 1. The monoisotopic (exact) mass is 274 g/mol. The Labute approximate surface area is 111 Å². The molecule has 0 aliphatic heterocycles. The first-order chi connectivity index (χ1) is 8.03. The first-order valence-corrected chi connectivity index (χ1v) is 6.42. The molecular weight excluding hydrogens is 259 g/mol. The van der Waals surface area contributed by atoms with Crippen LogP contribution in [0.4, 0.5) is 0 Å². The van der Waals surface area contributed by atoms with Crippen molar-refractivity contribution in [2.75, 3.05) is 6.54 Å². The van der Waals surface area contributed by atoms with Crippen molar-refractivity contribution in [3.8, 4) is 0 Å².